The molecule has 0 bridgehead atoms. The largest absolute Gasteiger partial charge is 0.503 e. The minimum Gasteiger partial charge on any atom is -0.503 e. The third-order valence-corrected chi connectivity index (χ3v) is 9.18. The number of amides is 1. The third kappa shape index (κ3) is 5.68. The second-order valence-electron chi connectivity index (χ2n) is 9.91. The molecule has 2 aromatic heterocycles. The summed E-state index contributed by atoms with van der Waals surface area (Å²) in [6.45, 7) is 4.75. The minimum atomic E-state index is -1.01. The molecule has 44 heavy (non-hydrogen) atoms. The topological polar surface area (TPSA) is 115 Å². The van der Waals surface area contributed by atoms with E-state index in [0.717, 1.165) is 22.8 Å². The fourth-order valence-electron chi connectivity index (χ4n) is 5.10. The number of ether oxygens (including phenoxy) is 2. The lowest BCUT2D eigenvalue weighted by atomic mass is 9.95. The zero-order valence-corrected chi connectivity index (χ0v) is 25.7. The highest BCUT2D eigenvalue weighted by molar-refractivity contribution is 8.00. The van der Waals surface area contributed by atoms with Crippen LogP contribution in [0.3, 0.4) is 0 Å². The van der Waals surface area contributed by atoms with Crippen LogP contribution in [0.15, 0.2) is 99.1 Å². The van der Waals surface area contributed by atoms with Gasteiger partial charge in [0.05, 0.1) is 31.1 Å². The molecule has 1 aliphatic rings. The van der Waals surface area contributed by atoms with Crippen LogP contribution in [0.2, 0.25) is 0 Å². The van der Waals surface area contributed by atoms with Crippen LogP contribution in [0.5, 0.6) is 11.5 Å². The van der Waals surface area contributed by atoms with Gasteiger partial charge in [0.25, 0.3) is 5.91 Å². The Labute approximate surface area is 262 Å². The molecule has 0 fully saturated rings. The van der Waals surface area contributed by atoms with Gasteiger partial charge in [0.2, 0.25) is 10.9 Å². The molecule has 224 valence electrons. The summed E-state index contributed by atoms with van der Waals surface area (Å²) in [6.07, 6.45) is 2.18. The van der Waals surface area contributed by atoms with E-state index < -0.39 is 23.5 Å². The fourth-order valence-corrected chi connectivity index (χ4v) is 6.97. The molecule has 3 heterocycles. The van der Waals surface area contributed by atoms with Gasteiger partial charge in [0.15, 0.2) is 27.4 Å². The number of hydrogen-bond acceptors (Lipinski definition) is 10. The van der Waals surface area contributed by atoms with E-state index in [-0.39, 0.29) is 16.5 Å². The molecular formula is C33H29N3O6S2. The summed E-state index contributed by atoms with van der Waals surface area (Å²) in [7, 11) is 0. The fraction of sp³-hybridized carbons (Fsp3) is 0.212. The standard InChI is InChI=1S/C33H29N3O6S2/c1-3-16-41-24-15-14-21(18-26(24)40-4-2)28-27(29(37)25-13-8-17-42-25)30(38)31(39)36(28)32-34-35-33(44-32)43-19-22-11-7-10-20-9-5-6-12-23(20)22/h5-15,17-18,28,38H,3-4,16,19H2,1-2H3. The monoisotopic (exact) mass is 627 g/mol. The van der Waals surface area contributed by atoms with E-state index >= 15 is 0 Å². The Morgan fingerprint density at radius 3 is 2.66 bits per heavy atom. The lowest BCUT2D eigenvalue weighted by Crippen LogP contribution is -2.31. The number of aromatic nitrogens is 2. The van der Waals surface area contributed by atoms with Crippen molar-refractivity contribution in [2.75, 3.05) is 18.1 Å². The highest BCUT2D eigenvalue weighted by atomic mass is 32.2. The first-order valence-corrected chi connectivity index (χ1v) is 16.0. The molecule has 0 aliphatic carbocycles. The van der Waals surface area contributed by atoms with Crippen molar-refractivity contribution in [3.63, 3.8) is 0 Å². The van der Waals surface area contributed by atoms with E-state index in [0.29, 0.717) is 40.4 Å². The Morgan fingerprint density at radius 2 is 1.86 bits per heavy atom. The second-order valence-corrected chi connectivity index (χ2v) is 12.1. The number of aliphatic hydroxyl groups is 1. The first-order valence-electron chi connectivity index (χ1n) is 14.2. The van der Waals surface area contributed by atoms with E-state index in [1.54, 1.807) is 24.3 Å². The average molecular weight is 628 g/mol. The second kappa shape index (κ2) is 12.9. The van der Waals surface area contributed by atoms with E-state index in [2.05, 4.69) is 34.5 Å². The molecule has 1 aliphatic heterocycles. The first kappa shape index (κ1) is 29.5. The van der Waals surface area contributed by atoms with Gasteiger partial charge in [-0.15, -0.1) is 10.2 Å². The third-order valence-electron chi connectivity index (χ3n) is 7.08. The molecule has 0 radical (unpaired) electrons. The van der Waals surface area contributed by atoms with Crippen LogP contribution in [-0.4, -0.2) is 40.2 Å². The Kier molecular flexibility index (Phi) is 8.67. The number of furan rings is 1. The summed E-state index contributed by atoms with van der Waals surface area (Å²) in [5.41, 5.74) is 1.57. The minimum absolute atomic E-state index is 0.00252. The molecule has 0 spiro atoms. The molecule has 1 atom stereocenters. The van der Waals surface area contributed by atoms with Gasteiger partial charge in [-0.2, -0.15) is 0 Å². The number of carbonyl (C=O) groups is 2. The summed E-state index contributed by atoms with van der Waals surface area (Å²) in [5.74, 6) is -0.364. The molecule has 6 rings (SSSR count). The number of Topliss-reactive ketones (excluding diaryl/α,β-unsaturated/α-hetero) is 1. The molecular weight excluding hydrogens is 599 g/mol. The highest BCUT2D eigenvalue weighted by Gasteiger charge is 2.47. The van der Waals surface area contributed by atoms with Gasteiger partial charge in [-0.25, -0.2) is 0 Å². The number of ketones is 1. The van der Waals surface area contributed by atoms with Crippen LogP contribution in [0.4, 0.5) is 5.13 Å². The van der Waals surface area contributed by atoms with Crippen molar-refractivity contribution in [2.24, 2.45) is 0 Å². The zero-order chi connectivity index (χ0) is 30.6. The molecule has 0 saturated carbocycles. The molecule has 1 amide bonds. The van der Waals surface area contributed by atoms with E-state index in [1.807, 2.05) is 32.0 Å². The average Bonchev–Trinajstić information content (AvgIpc) is 3.80. The predicted octanol–water partition coefficient (Wildman–Crippen LogP) is 7.55. The summed E-state index contributed by atoms with van der Waals surface area (Å²) < 4.78 is 17.7. The maximum Gasteiger partial charge on any atom is 0.296 e. The van der Waals surface area contributed by atoms with Crippen LogP contribution in [0, 0.1) is 0 Å². The Hall–Kier alpha value is -4.61. The van der Waals surface area contributed by atoms with Crippen molar-refractivity contribution in [1.82, 2.24) is 10.2 Å². The lowest BCUT2D eigenvalue weighted by Gasteiger charge is -2.24. The molecule has 3 aromatic carbocycles. The number of anilines is 1. The van der Waals surface area contributed by atoms with Gasteiger partial charge < -0.3 is 19.0 Å². The van der Waals surface area contributed by atoms with Crippen LogP contribution in [-0.2, 0) is 10.5 Å². The van der Waals surface area contributed by atoms with Gasteiger partial charge in [0, 0.05) is 5.75 Å². The van der Waals surface area contributed by atoms with E-state index in [1.165, 1.54) is 40.3 Å². The number of hydrogen-bond donors (Lipinski definition) is 1. The molecule has 11 heteroatoms. The summed E-state index contributed by atoms with van der Waals surface area (Å²) in [5, 5.41) is 22.4. The van der Waals surface area contributed by atoms with E-state index in [9.17, 15) is 14.7 Å². The van der Waals surface area contributed by atoms with Crippen LogP contribution < -0.4 is 14.4 Å². The Balaban J connectivity index is 1.36. The van der Waals surface area contributed by atoms with Crippen LogP contribution >= 0.6 is 23.1 Å². The van der Waals surface area contributed by atoms with Crippen molar-refractivity contribution in [1.29, 1.82) is 0 Å². The van der Waals surface area contributed by atoms with Crippen molar-refractivity contribution >= 4 is 50.7 Å². The van der Waals surface area contributed by atoms with Crippen molar-refractivity contribution in [2.45, 2.75) is 36.4 Å². The first-order chi connectivity index (χ1) is 21.5. The van der Waals surface area contributed by atoms with E-state index in [4.69, 9.17) is 13.9 Å². The maximum absolute atomic E-state index is 13.6. The van der Waals surface area contributed by atoms with Gasteiger partial charge in [0.1, 0.15) is 0 Å². The van der Waals surface area contributed by atoms with Crippen molar-refractivity contribution < 1.29 is 28.6 Å². The molecule has 1 unspecified atom stereocenters. The van der Waals surface area contributed by atoms with Gasteiger partial charge in [-0.3, -0.25) is 14.5 Å². The number of fused-ring (bicyclic) bond motifs is 1. The summed E-state index contributed by atoms with van der Waals surface area (Å²) in [6, 6.07) is 21.7. The molecule has 5 aromatic rings. The molecule has 0 saturated heterocycles. The summed E-state index contributed by atoms with van der Waals surface area (Å²) in [4.78, 5) is 28.6. The van der Waals surface area contributed by atoms with Crippen molar-refractivity contribution in [3.05, 3.63) is 107 Å². The number of aliphatic hydroxyl groups excluding tert-OH is 1. The van der Waals surface area contributed by atoms with Crippen LogP contribution in [0.25, 0.3) is 10.8 Å². The van der Waals surface area contributed by atoms with Crippen molar-refractivity contribution in [3.8, 4) is 11.5 Å². The van der Waals surface area contributed by atoms with Crippen LogP contribution in [0.1, 0.15) is 48.0 Å². The quantitative estimate of drug-likeness (QED) is 0.0851. The predicted molar refractivity (Wildman–Crippen MR) is 170 cm³/mol. The Bertz CT molecular complexity index is 1840. The highest BCUT2D eigenvalue weighted by Crippen LogP contribution is 2.45. The number of rotatable bonds is 12. The number of benzene rings is 3. The van der Waals surface area contributed by atoms with Gasteiger partial charge in [-0.1, -0.05) is 78.6 Å². The molecule has 1 N–H and O–H groups in total. The number of thioether (sulfide) groups is 1. The number of nitrogens with zero attached hydrogens (tertiary/aromatic N) is 3. The zero-order valence-electron chi connectivity index (χ0n) is 24.1. The SMILES string of the molecule is CCCOc1ccc(C2C(C(=O)c3ccco3)=C(O)C(=O)N2c2nnc(SCc3cccc4ccccc34)s2)cc1OCC. The summed E-state index contributed by atoms with van der Waals surface area (Å²) >= 11 is 2.72. The van der Waals surface area contributed by atoms with Gasteiger partial charge >= 0.3 is 0 Å². The smallest absolute Gasteiger partial charge is 0.296 e. The Morgan fingerprint density at radius 1 is 1.02 bits per heavy atom. The number of carbonyl (C=O) groups excluding carboxylic acids is 2. The normalized spacial score (nSPS) is 14.9. The molecule has 9 nitrogen and oxygen atoms in total. The van der Waals surface area contributed by atoms with Gasteiger partial charge in [-0.05, 0) is 59.5 Å². The lowest BCUT2D eigenvalue weighted by molar-refractivity contribution is -0.117. The maximum atomic E-state index is 13.6.